The van der Waals surface area contributed by atoms with Crippen LogP contribution in [0.4, 0.5) is 0 Å². The van der Waals surface area contributed by atoms with Gasteiger partial charge < -0.3 is 114 Å². The third-order valence-corrected chi connectivity index (χ3v) is 9.18. The van der Waals surface area contributed by atoms with Gasteiger partial charge in [-0.05, 0) is 24.3 Å². The zero-order chi connectivity index (χ0) is 41.8. The van der Waals surface area contributed by atoms with E-state index < -0.39 is 149 Å². The van der Waals surface area contributed by atoms with Gasteiger partial charge in [0.05, 0.1) is 23.3 Å². The smallest absolute Gasteiger partial charge is 0.229 e. The van der Waals surface area contributed by atoms with Crippen LogP contribution in [0.2, 0.25) is 0 Å². The molecule has 0 unspecified atom stereocenters. The summed E-state index contributed by atoms with van der Waals surface area (Å²) in [6, 6.07) is 5.66. The van der Waals surface area contributed by atoms with E-state index in [1.165, 1.54) is 6.07 Å². The van der Waals surface area contributed by atoms with Crippen LogP contribution in [0.3, 0.4) is 0 Å². The van der Waals surface area contributed by atoms with Crippen molar-refractivity contribution in [2.75, 3.05) is 0 Å². The molecular formula is C33H30O24-4. The van der Waals surface area contributed by atoms with Crippen LogP contribution in [0.1, 0.15) is 0 Å². The maximum absolute atomic E-state index is 13.1. The average molecular weight is 811 g/mol. The second-order valence-corrected chi connectivity index (χ2v) is 12.9. The van der Waals surface area contributed by atoms with Crippen molar-refractivity contribution in [2.24, 2.45) is 0 Å². The Labute approximate surface area is 315 Å². The molecule has 3 aromatic rings. The summed E-state index contributed by atoms with van der Waals surface area (Å²) >= 11 is 0. The number of aliphatic hydroxyl groups excluding tert-OH is 8. The molecule has 310 valence electrons. The molecule has 0 aliphatic carbocycles. The number of phenolic OH excluding ortho intramolecular Hbond substituents is 1. The molecule has 1 aromatic heterocycles. The molecule has 0 radical (unpaired) electrons. The maximum Gasteiger partial charge on any atom is 0.229 e. The molecule has 3 aliphatic rings. The monoisotopic (exact) mass is 810 g/mol. The van der Waals surface area contributed by atoms with Crippen molar-refractivity contribution in [2.45, 2.75) is 92.1 Å². The lowest BCUT2D eigenvalue weighted by Crippen LogP contribution is -2.67. The highest BCUT2D eigenvalue weighted by atomic mass is 16.8. The van der Waals surface area contributed by atoms with E-state index in [-0.39, 0.29) is 11.3 Å². The lowest BCUT2D eigenvalue weighted by Gasteiger charge is -2.46. The third-order valence-electron chi connectivity index (χ3n) is 9.18. The number of rotatable bonds is 10. The Morgan fingerprint density at radius 2 is 1.14 bits per heavy atom. The van der Waals surface area contributed by atoms with Crippen molar-refractivity contribution in [3.8, 4) is 34.3 Å². The second kappa shape index (κ2) is 16.0. The number of benzene rings is 2. The largest absolute Gasteiger partial charge is 0.872 e. The molecule has 3 fully saturated rings. The van der Waals surface area contributed by atoms with Crippen molar-refractivity contribution < 1.29 is 114 Å². The fraction of sp³-hybridized carbons (Fsp3) is 0.455. The van der Waals surface area contributed by atoms with Gasteiger partial charge >= 0.3 is 0 Å². The van der Waals surface area contributed by atoms with E-state index in [0.717, 1.165) is 24.3 Å². The van der Waals surface area contributed by atoms with Crippen molar-refractivity contribution in [1.29, 1.82) is 0 Å². The fourth-order valence-corrected chi connectivity index (χ4v) is 6.19. The number of carboxylic acid groups (broad SMARTS) is 3. The van der Waals surface area contributed by atoms with Crippen molar-refractivity contribution >= 4 is 28.9 Å². The lowest BCUT2D eigenvalue weighted by molar-refractivity contribution is -0.378. The Hall–Kier alpha value is -5.22. The Morgan fingerprint density at radius 1 is 0.614 bits per heavy atom. The van der Waals surface area contributed by atoms with E-state index in [1.54, 1.807) is 0 Å². The number of aromatic hydroxyl groups is 1. The summed E-state index contributed by atoms with van der Waals surface area (Å²) in [5.41, 5.74) is -1.48. The van der Waals surface area contributed by atoms with Crippen LogP contribution in [-0.4, -0.2) is 156 Å². The van der Waals surface area contributed by atoms with Gasteiger partial charge in [-0.1, -0.05) is 5.75 Å². The lowest BCUT2D eigenvalue weighted by atomic mass is 9.97. The van der Waals surface area contributed by atoms with Gasteiger partial charge in [-0.2, -0.15) is 0 Å². The maximum atomic E-state index is 13.1. The first kappa shape index (κ1) is 41.4. The third kappa shape index (κ3) is 7.89. The molecule has 2 aromatic carbocycles. The standard InChI is InChI=1S/C33H34O24/c34-9-3-7(1-2-12(9)53-31-22(43)16(37)18(39)24(54-31)28(45)46)13-6-11(36)15-10(35)4-8(5-14(15)52-13)51-33-27(21(42)20(41)26(56-33)30(49)50)57-32-23(44)17(38)19(40)25(55-32)29(47)48/h1-6,16-27,31-35,37-44H,(H,45,46)(H,47,48)(H,49,50)/p-4/t16-,17-,18-,19-,20-,21-,22+,23+,24-,25-,26-,27+,31+,32-,33+/m0/s1. The number of ether oxygens (including phenoxy) is 6. The Kier molecular flexibility index (Phi) is 11.6. The first-order chi connectivity index (χ1) is 26.8. The van der Waals surface area contributed by atoms with Gasteiger partial charge in [-0.3, -0.25) is 4.79 Å². The van der Waals surface area contributed by atoms with Crippen LogP contribution in [-0.2, 0) is 33.3 Å². The number of aliphatic carboxylic acids is 3. The van der Waals surface area contributed by atoms with Crippen molar-refractivity contribution in [1.82, 2.24) is 0 Å². The van der Waals surface area contributed by atoms with Gasteiger partial charge in [-0.25, -0.2) is 0 Å². The molecule has 9 N–H and O–H groups in total. The van der Waals surface area contributed by atoms with E-state index in [9.17, 15) is 85.6 Å². The SMILES string of the molecule is O=C([O-])[C@H]1O[C@@H](Oc2ccc(-c3cc(=O)c4c([O-])cc(O[C@@H]5O[C@H](C(=O)[O-])[C@@H](O)[C@H](O)[C@H]5O[C@@H]5O[C@H](C(=O)[O-])[C@@H](O)[C@H](O)[C@H]5O)cc4o3)cc2O)[C@H](O)[C@@H](O)[C@@H]1O. The van der Waals surface area contributed by atoms with Gasteiger partial charge in [0.1, 0.15) is 84.2 Å². The molecule has 24 nitrogen and oxygen atoms in total. The molecule has 0 bridgehead atoms. The summed E-state index contributed by atoms with van der Waals surface area (Å²) in [7, 11) is 0. The summed E-state index contributed by atoms with van der Waals surface area (Å²) in [6.07, 6.45) is -32.7. The van der Waals surface area contributed by atoms with Crippen LogP contribution in [0.5, 0.6) is 23.0 Å². The predicted molar refractivity (Wildman–Crippen MR) is 164 cm³/mol. The molecular weight excluding hydrogens is 780 g/mol. The molecule has 6 rings (SSSR count). The van der Waals surface area contributed by atoms with Gasteiger partial charge in [-0.15, -0.1) is 0 Å². The molecule has 57 heavy (non-hydrogen) atoms. The van der Waals surface area contributed by atoms with Crippen molar-refractivity contribution in [3.05, 3.63) is 46.6 Å². The molecule has 0 amide bonds. The van der Waals surface area contributed by atoms with Crippen molar-refractivity contribution in [3.63, 3.8) is 0 Å². The minimum atomic E-state index is -2.33. The summed E-state index contributed by atoms with van der Waals surface area (Å²) in [5, 5.41) is 139. The van der Waals surface area contributed by atoms with E-state index in [1.807, 2.05) is 0 Å². The topological polar surface area (TPSA) is 411 Å². The quantitative estimate of drug-likeness (QED) is 0.0918. The average Bonchev–Trinajstić information content (AvgIpc) is 3.14. The van der Waals surface area contributed by atoms with Gasteiger partial charge in [0.25, 0.3) is 0 Å². The molecule has 15 atom stereocenters. The van der Waals surface area contributed by atoms with Crippen LogP contribution >= 0.6 is 0 Å². The van der Waals surface area contributed by atoms with Crippen LogP contribution < -0.4 is 35.3 Å². The predicted octanol–water partition coefficient (Wildman–Crippen LogP) is -9.31. The summed E-state index contributed by atoms with van der Waals surface area (Å²) in [6.45, 7) is 0. The number of carbonyl (C=O) groups is 3. The number of aliphatic hydroxyl groups is 8. The zero-order valence-electron chi connectivity index (χ0n) is 28.3. The normalized spacial score (nSPS) is 35.7. The molecule has 3 saturated heterocycles. The highest BCUT2D eigenvalue weighted by Gasteiger charge is 2.52. The Bertz CT molecular complexity index is 2070. The summed E-state index contributed by atoms with van der Waals surface area (Å²) in [4.78, 5) is 47.6. The minimum Gasteiger partial charge on any atom is -0.872 e. The molecule has 0 saturated carbocycles. The second-order valence-electron chi connectivity index (χ2n) is 12.9. The number of phenols is 1. The molecule has 4 heterocycles. The van der Waals surface area contributed by atoms with Gasteiger partial charge in [0, 0.05) is 17.7 Å². The number of fused-ring (bicyclic) bond motifs is 1. The minimum absolute atomic E-state index is 0.0583. The molecule has 0 spiro atoms. The molecule has 3 aliphatic heterocycles. The number of carboxylic acids is 3. The number of hydrogen-bond donors (Lipinski definition) is 9. The highest BCUT2D eigenvalue weighted by molar-refractivity contribution is 5.86. The first-order valence-electron chi connectivity index (χ1n) is 16.4. The van der Waals surface area contributed by atoms with Gasteiger partial charge in [0.15, 0.2) is 29.3 Å². The summed E-state index contributed by atoms with van der Waals surface area (Å²) in [5.74, 6) is -9.18. The van der Waals surface area contributed by atoms with E-state index in [2.05, 4.69) is 0 Å². The van der Waals surface area contributed by atoms with E-state index in [4.69, 9.17) is 32.8 Å². The number of carbonyl (C=O) groups excluding carboxylic acids is 3. The number of hydrogen-bond acceptors (Lipinski definition) is 24. The van der Waals surface area contributed by atoms with Gasteiger partial charge in [0.2, 0.25) is 12.6 Å². The Balaban J connectivity index is 1.28. The van der Waals surface area contributed by atoms with Crippen LogP contribution in [0.25, 0.3) is 22.3 Å². The fourth-order valence-electron chi connectivity index (χ4n) is 6.19. The van der Waals surface area contributed by atoms with Crippen LogP contribution in [0, 0.1) is 0 Å². The Morgan fingerprint density at radius 3 is 1.70 bits per heavy atom. The summed E-state index contributed by atoms with van der Waals surface area (Å²) < 4.78 is 37.1. The molecule has 24 heteroatoms. The first-order valence-corrected chi connectivity index (χ1v) is 16.4. The van der Waals surface area contributed by atoms with E-state index in [0.29, 0.717) is 6.07 Å². The van der Waals surface area contributed by atoms with Crippen LogP contribution in [0.15, 0.2) is 45.6 Å². The zero-order valence-corrected chi connectivity index (χ0v) is 28.3. The van der Waals surface area contributed by atoms with E-state index >= 15 is 0 Å². The highest BCUT2D eigenvalue weighted by Crippen LogP contribution is 2.37.